The summed E-state index contributed by atoms with van der Waals surface area (Å²) >= 11 is 0. The van der Waals surface area contributed by atoms with Crippen molar-refractivity contribution in [2.45, 2.75) is 6.04 Å². The second-order valence-electron chi connectivity index (χ2n) is 5.43. The van der Waals surface area contributed by atoms with Crippen LogP contribution in [-0.4, -0.2) is 31.9 Å². The van der Waals surface area contributed by atoms with Crippen molar-refractivity contribution in [2.24, 2.45) is 0 Å². The molecule has 2 aromatic heterocycles. The van der Waals surface area contributed by atoms with Gasteiger partial charge >= 0.3 is 5.97 Å². The first-order valence-electron chi connectivity index (χ1n) is 7.68. The number of carbonyl (C=O) groups excluding carboxylic acids is 1. The maximum atomic E-state index is 13.4. The fraction of sp³-hybridized carbons (Fsp3) is 0.0556. The number of halogens is 2. The maximum Gasteiger partial charge on any atom is 0.330 e. The van der Waals surface area contributed by atoms with Crippen molar-refractivity contribution in [1.82, 2.24) is 20.3 Å². The Kier molecular flexibility index (Phi) is 5.11. The Labute approximate surface area is 151 Å². The summed E-state index contributed by atoms with van der Waals surface area (Å²) in [6.07, 6.45) is 4.01. The highest BCUT2D eigenvalue weighted by Crippen LogP contribution is 2.18. The highest BCUT2D eigenvalue weighted by atomic mass is 19.2. The van der Waals surface area contributed by atoms with Crippen LogP contribution in [0.25, 0.3) is 11.5 Å². The molecule has 1 atom stereocenters. The van der Waals surface area contributed by atoms with Crippen LogP contribution in [0.4, 0.5) is 8.78 Å². The first-order chi connectivity index (χ1) is 13.0. The van der Waals surface area contributed by atoms with Gasteiger partial charge in [0.25, 0.3) is 5.91 Å². The van der Waals surface area contributed by atoms with E-state index in [1.807, 2.05) is 0 Å². The Morgan fingerprint density at radius 2 is 1.74 bits per heavy atom. The number of pyridine rings is 1. The van der Waals surface area contributed by atoms with Crippen LogP contribution in [0.15, 0.2) is 55.0 Å². The van der Waals surface area contributed by atoms with Crippen molar-refractivity contribution in [2.75, 3.05) is 0 Å². The summed E-state index contributed by atoms with van der Waals surface area (Å²) in [5.74, 6) is -4.24. The zero-order chi connectivity index (χ0) is 19.4. The number of hydrogen-bond donors (Lipinski definition) is 2. The summed E-state index contributed by atoms with van der Waals surface area (Å²) in [6.45, 7) is 0. The lowest BCUT2D eigenvalue weighted by Crippen LogP contribution is -2.34. The van der Waals surface area contributed by atoms with Gasteiger partial charge in [-0.1, -0.05) is 12.1 Å². The van der Waals surface area contributed by atoms with E-state index in [4.69, 9.17) is 0 Å². The number of hydrogen-bond acceptors (Lipinski definition) is 5. The zero-order valence-corrected chi connectivity index (χ0v) is 13.6. The van der Waals surface area contributed by atoms with Crippen LogP contribution in [0.2, 0.25) is 0 Å². The SMILES string of the molecule is O=C(NC(C(=O)O)c1ccc(F)c(F)c1)c1cnc(-c2ccccn2)nc1. The van der Waals surface area contributed by atoms with Gasteiger partial charge in [-0.05, 0) is 29.8 Å². The number of benzene rings is 1. The Morgan fingerprint density at radius 3 is 2.33 bits per heavy atom. The number of aliphatic carboxylic acids is 1. The fourth-order valence-corrected chi connectivity index (χ4v) is 2.27. The van der Waals surface area contributed by atoms with Crippen LogP contribution >= 0.6 is 0 Å². The second kappa shape index (κ2) is 7.65. The average Bonchev–Trinajstić information content (AvgIpc) is 2.69. The van der Waals surface area contributed by atoms with E-state index in [1.54, 1.807) is 24.4 Å². The summed E-state index contributed by atoms with van der Waals surface area (Å²) in [7, 11) is 0. The minimum Gasteiger partial charge on any atom is -0.479 e. The molecular formula is C18H12F2N4O3. The molecule has 1 aromatic carbocycles. The number of aromatic nitrogens is 3. The van der Waals surface area contributed by atoms with Gasteiger partial charge in [0, 0.05) is 18.6 Å². The van der Waals surface area contributed by atoms with E-state index >= 15 is 0 Å². The van der Waals surface area contributed by atoms with Crippen molar-refractivity contribution in [3.63, 3.8) is 0 Å². The molecule has 7 nitrogen and oxygen atoms in total. The van der Waals surface area contributed by atoms with Crippen LogP contribution < -0.4 is 5.32 Å². The van der Waals surface area contributed by atoms with Gasteiger partial charge in [-0.25, -0.2) is 23.5 Å². The lowest BCUT2D eigenvalue weighted by Gasteiger charge is -2.15. The standard InChI is InChI=1S/C18H12F2N4O3/c19-12-5-4-10(7-13(12)20)15(18(26)27)24-17(25)11-8-22-16(23-9-11)14-3-1-2-6-21-14/h1-9,15H,(H,24,25)(H,26,27). The normalized spacial score (nSPS) is 11.6. The molecule has 27 heavy (non-hydrogen) atoms. The Balaban J connectivity index is 1.80. The lowest BCUT2D eigenvalue weighted by molar-refractivity contribution is -0.139. The maximum absolute atomic E-state index is 13.4. The quantitative estimate of drug-likeness (QED) is 0.714. The lowest BCUT2D eigenvalue weighted by atomic mass is 10.1. The molecule has 9 heteroatoms. The smallest absolute Gasteiger partial charge is 0.330 e. The molecule has 0 saturated carbocycles. The Bertz CT molecular complexity index is 982. The number of nitrogens with one attached hydrogen (secondary N) is 1. The van der Waals surface area contributed by atoms with Crippen molar-refractivity contribution in [1.29, 1.82) is 0 Å². The van der Waals surface area contributed by atoms with Gasteiger partial charge in [0.05, 0.1) is 5.56 Å². The van der Waals surface area contributed by atoms with Gasteiger partial charge in [-0.2, -0.15) is 0 Å². The van der Waals surface area contributed by atoms with Crippen LogP contribution in [0, 0.1) is 11.6 Å². The molecule has 1 amide bonds. The van der Waals surface area contributed by atoms with Crippen molar-refractivity contribution in [3.8, 4) is 11.5 Å². The molecule has 0 aliphatic rings. The van der Waals surface area contributed by atoms with E-state index < -0.39 is 29.6 Å². The third kappa shape index (κ3) is 4.09. The molecule has 0 spiro atoms. The largest absolute Gasteiger partial charge is 0.479 e. The number of nitrogens with zero attached hydrogens (tertiary/aromatic N) is 3. The van der Waals surface area contributed by atoms with Crippen LogP contribution in [0.3, 0.4) is 0 Å². The minimum absolute atomic E-state index is 0.00325. The molecule has 0 radical (unpaired) electrons. The van der Waals surface area contributed by atoms with E-state index in [0.29, 0.717) is 11.5 Å². The summed E-state index contributed by atoms with van der Waals surface area (Å²) < 4.78 is 26.4. The molecule has 3 aromatic rings. The second-order valence-corrected chi connectivity index (χ2v) is 5.43. The molecule has 0 bridgehead atoms. The number of rotatable bonds is 5. The van der Waals surface area contributed by atoms with Gasteiger partial charge in [0.15, 0.2) is 23.5 Å². The highest BCUT2D eigenvalue weighted by molar-refractivity contribution is 5.96. The Hall–Kier alpha value is -3.75. The van der Waals surface area contributed by atoms with E-state index in [1.165, 1.54) is 12.4 Å². The number of amides is 1. The van der Waals surface area contributed by atoms with Crippen molar-refractivity contribution < 1.29 is 23.5 Å². The van der Waals surface area contributed by atoms with E-state index in [-0.39, 0.29) is 11.1 Å². The van der Waals surface area contributed by atoms with Crippen LogP contribution in [0.5, 0.6) is 0 Å². The number of carbonyl (C=O) groups is 2. The minimum atomic E-state index is -1.57. The van der Waals surface area contributed by atoms with Crippen LogP contribution in [0.1, 0.15) is 22.0 Å². The van der Waals surface area contributed by atoms with Crippen molar-refractivity contribution in [3.05, 3.63) is 77.8 Å². The van der Waals surface area contributed by atoms with E-state index in [9.17, 15) is 23.5 Å². The van der Waals surface area contributed by atoms with Crippen LogP contribution in [-0.2, 0) is 4.79 Å². The molecule has 2 heterocycles. The van der Waals surface area contributed by atoms with Crippen molar-refractivity contribution >= 4 is 11.9 Å². The van der Waals surface area contributed by atoms with Gasteiger partial charge in [-0.3, -0.25) is 9.78 Å². The van der Waals surface area contributed by atoms with Gasteiger partial charge in [-0.15, -0.1) is 0 Å². The highest BCUT2D eigenvalue weighted by Gasteiger charge is 2.24. The predicted octanol–water partition coefficient (Wildman–Crippen LogP) is 2.37. The van der Waals surface area contributed by atoms with Gasteiger partial charge in [0.1, 0.15) is 5.69 Å². The molecule has 136 valence electrons. The summed E-state index contributed by atoms with van der Waals surface area (Å²) in [4.78, 5) is 35.9. The molecule has 0 aliphatic heterocycles. The van der Waals surface area contributed by atoms with E-state index in [2.05, 4.69) is 20.3 Å². The molecule has 0 saturated heterocycles. The third-order valence-corrected chi connectivity index (χ3v) is 3.61. The van der Waals surface area contributed by atoms with Gasteiger partial charge in [0.2, 0.25) is 0 Å². The molecule has 0 fully saturated rings. The number of carboxylic acids is 1. The summed E-state index contributed by atoms with van der Waals surface area (Å²) in [5.41, 5.74) is 0.402. The molecule has 3 rings (SSSR count). The monoisotopic (exact) mass is 370 g/mol. The molecule has 1 unspecified atom stereocenters. The van der Waals surface area contributed by atoms with Gasteiger partial charge < -0.3 is 10.4 Å². The molecule has 0 aliphatic carbocycles. The molecular weight excluding hydrogens is 358 g/mol. The fourth-order valence-electron chi connectivity index (χ4n) is 2.27. The summed E-state index contributed by atoms with van der Waals surface area (Å²) in [5, 5.41) is 11.5. The first-order valence-corrected chi connectivity index (χ1v) is 7.68. The molecule has 2 N–H and O–H groups in total. The average molecular weight is 370 g/mol. The predicted molar refractivity (Wildman–Crippen MR) is 89.5 cm³/mol. The van der Waals surface area contributed by atoms with E-state index in [0.717, 1.165) is 18.2 Å². The topological polar surface area (TPSA) is 105 Å². The Morgan fingerprint density at radius 1 is 1.00 bits per heavy atom. The third-order valence-electron chi connectivity index (χ3n) is 3.61. The summed E-state index contributed by atoms with van der Waals surface area (Å²) in [6, 6.07) is 6.20. The zero-order valence-electron chi connectivity index (χ0n) is 13.6. The number of carboxylic acid groups (broad SMARTS) is 1. The first kappa shape index (κ1) is 18.1.